The van der Waals surface area contributed by atoms with Crippen LogP contribution in [0.25, 0.3) is 0 Å². The molecule has 1 unspecified atom stereocenters. The van der Waals surface area contributed by atoms with Crippen molar-refractivity contribution in [3.8, 4) is 0 Å². The summed E-state index contributed by atoms with van der Waals surface area (Å²) in [6.07, 6.45) is 54.2. The number of ether oxygens (including phenoxy) is 1. The van der Waals surface area contributed by atoms with E-state index in [0.29, 0.717) is 0 Å². The summed E-state index contributed by atoms with van der Waals surface area (Å²) >= 11 is 0. The molecule has 1 rings (SSSR count). The predicted octanol–water partition coefficient (Wildman–Crippen LogP) is 14.7. The summed E-state index contributed by atoms with van der Waals surface area (Å²) in [5.74, 6) is 1.03. The molecule has 1 aliphatic rings. The number of carbonyl (C=O) groups is 1. The van der Waals surface area contributed by atoms with Gasteiger partial charge in [-0.1, -0.05) is 173 Å². The Morgan fingerprint density at radius 1 is 0.432 bits per heavy atom. The highest BCUT2D eigenvalue weighted by Crippen LogP contribution is 2.32. The number of esters is 1. The van der Waals surface area contributed by atoms with Gasteiger partial charge in [0.05, 0.1) is 0 Å². The van der Waals surface area contributed by atoms with Crippen LogP contribution in [0.5, 0.6) is 0 Å². The molecular formula is C42H76O2. The van der Waals surface area contributed by atoms with Crippen LogP contribution in [0.15, 0.2) is 36.1 Å². The van der Waals surface area contributed by atoms with Crippen LogP contribution >= 0.6 is 0 Å². The SMILES string of the molecule is CCCCCCCCCCC/C=C/CCCCCC/C=C1/OC(=O)C1CCCCCC/C=C/CCCCCCCCCCC. The monoisotopic (exact) mass is 613 g/mol. The molecular weight excluding hydrogens is 536 g/mol. The van der Waals surface area contributed by atoms with E-state index in [4.69, 9.17) is 4.74 Å². The summed E-state index contributed by atoms with van der Waals surface area (Å²) in [6.45, 7) is 4.58. The van der Waals surface area contributed by atoms with Crippen molar-refractivity contribution in [2.24, 2.45) is 5.92 Å². The van der Waals surface area contributed by atoms with Gasteiger partial charge in [-0.25, -0.2) is 0 Å². The fraction of sp³-hybridized carbons (Fsp3) is 0.833. The zero-order valence-corrected chi connectivity index (χ0v) is 29.9. The van der Waals surface area contributed by atoms with Gasteiger partial charge >= 0.3 is 5.97 Å². The minimum Gasteiger partial charge on any atom is -0.430 e. The number of hydrogen-bond acceptors (Lipinski definition) is 2. The van der Waals surface area contributed by atoms with Crippen molar-refractivity contribution in [3.63, 3.8) is 0 Å². The molecule has 0 aromatic carbocycles. The van der Waals surface area contributed by atoms with Crippen molar-refractivity contribution < 1.29 is 9.53 Å². The maximum absolute atomic E-state index is 12.0. The van der Waals surface area contributed by atoms with Crippen molar-refractivity contribution in [2.45, 2.75) is 219 Å². The minimum absolute atomic E-state index is 0.00451. The second-order valence-electron chi connectivity index (χ2n) is 13.7. The fourth-order valence-corrected chi connectivity index (χ4v) is 6.35. The predicted molar refractivity (Wildman–Crippen MR) is 195 cm³/mol. The first kappa shape index (κ1) is 40.7. The smallest absolute Gasteiger partial charge is 0.321 e. The van der Waals surface area contributed by atoms with E-state index in [9.17, 15) is 4.79 Å². The molecule has 0 N–H and O–H groups in total. The van der Waals surface area contributed by atoms with Gasteiger partial charge < -0.3 is 4.74 Å². The Bertz CT molecular complexity index is 703. The maximum atomic E-state index is 12.0. The highest BCUT2D eigenvalue weighted by atomic mass is 16.6. The lowest BCUT2D eigenvalue weighted by Crippen LogP contribution is -2.32. The van der Waals surface area contributed by atoms with Gasteiger partial charge in [0, 0.05) is 0 Å². The molecule has 0 bridgehead atoms. The van der Waals surface area contributed by atoms with E-state index in [0.717, 1.165) is 25.0 Å². The average molecular weight is 613 g/mol. The van der Waals surface area contributed by atoms with Crippen LogP contribution in [-0.2, 0) is 9.53 Å². The van der Waals surface area contributed by atoms with Gasteiger partial charge in [-0.3, -0.25) is 4.79 Å². The molecule has 256 valence electrons. The molecule has 0 radical (unpaired) electrons. The minimum atomic E-state index is 0.00451. The number of hydrogen-bond donors (Lipinski definition) is 0. The second kappa shape index (κ2) is 33.1. The molecule has 0 amide bonds. The Morgan fingerprint density at radius 3 is 1.11 bits per heavy atom. The van der Waals surface area contributed by atoms with Crippen molar-refractivity contribution in [2.75, 3.05) is 0 Å². The number of allylic oxidation sites excluding steroid dienone is 5. The first-order valence-corrected chi connectivity index (χ1v) is 20.0. The Labute approximate surface area is 276 Å². The number of rotatable bonds is 34. The van der Waals surface area contributed by atoms with Crippen LogP contribution in [0.4, 0.5) is 0 Å². The molecule has 0 spiro atoms. The summed E-state index contributed by atoms with van der Waals surface area (Å²) in [4.78, 5) is 12.0. The van der Waals surface area contributed by atoms with Crippen molar-refractivity contribution in [3.05, 3.63) is 36.1 Å². The summed E-state index contributed by atoms with van der Waals surface area (Å²) in [7, 11) is 0. The molecule has 0 saturated carbocycles. The molecule has 44 heavy (non-hydrogen) atoms. The van der Waals surface area contributed by atoms with Crippen molar-refractivity contribution in [1.82, 2.24) is 0 Å². The van der Waals surface area contributed by atoms with Crippen molar-refractivity contribution >= 4 is 5.97 Å². The summed E-state index contributed by atoms with van der Waals surface area (Å²) < 4.78 is 5.37. The molecule has 2 heteroatoms. The normalized spacial score (nSPS) is 16.0. The molecule has 0 aliphatic carbocycles. The van der Waals surface area contributed by atoms with Gasteiger partial charge in [0.2, 0.25) is 0 Å². The molecule has 0 aromatic rings. The first-order valence-electron chi connectivity index (χ1n) is 20.0. The Morgan fingerprint density at radius 2 is 0.750 bits per heavy atom. The van der Waals surface area contributed by atoms with Crippen LogP contribution < -0.4 is 0 Å². The van der Waals surface area contributed by atoms with E-state index in [1.54, 1.807) is 0 Å². The standard InChI is InChI=1S/C42H76O2/c1-3-5-7-9-11-13-15-17-19-21-23-25-27-29-31-33-35-37-39-41-40(42(43)44-41)38-36-34-32-30-28-26-24-22-20-18-16-14-12-10-8-6-4-2/h23-26,39-40H,3-22,27-38H2,1-2H3/b25-23+,26-24+,41-39+. The van der Waals surface area contributed by atoms with E-state index >= 15 is 0 Å². The second-order valence-corrected chi connectivity index (χ2v) is 13.7. The molecule has 1 aliphatic heterocycles. The van der Waals surface area contributed by atoms with Crippen LogP contribution in [0, 0.1) is 5.92 Å². The first-order chi connectivity index (χ1) is 21.8. The topological polar surface area (TPSA) is 26.3 Å². The van der Waals surface area contributed by atoms with Crippen LogP contribution in [0.1, 0.15) is 219 Å². The molecule has 1 heterocycles. The lowest BCUT2D eigenvalue weighted by atomic mass is 9.93. The van der Waals surface area contributed by atoms with Gasteiger partial charge in [-0.15, -0.1) is 0 Å². The molecule has 0 aromatic heterocycles. The van der Waals surface area contributed by atoms with Crippen molar-refractivity contribution in [1.29, 1.82) is 0 Å². The third-order valence-electron chi connectivity index (χ3n) is 9.41. The van der Waals surface area contributed by atoms with Crippen LogP contribution in [0.2, 0.25) is 0 Å². The Balaban J connectivity index is 1.86. The van der Waals surface area contributed by atoms with Gasteiger partial charge in [-0.2, -0.15) is 0 Å². The van der Waals surface area contributed by atoms with E-state index in [2.05, 4.69) is 44.2 Å². The average Bonchev–Trinajstić information content (AvgIpc) is 3.03. The van der Waals surface area contributed by atoms with Crippen LogP contribution in [-0.4, -0.2) is 5.97 Å². The third kappa shape index (κ3) is 26.0. The Hall–Kier alpha value is -1.31. The fourth-order valence-electron chi connectivity index (χ4n) is 6.35. The quantitative estimate of drug-likeness (QED) is 0.0410. The lowest BCUT2D eigenvalue weighted by Gasteiger charge is -2.28. The van der Waals surface area contributed by atoms with E-state index in [1.807, 2.05) is 0 Å². The van der Waals surface area contributed by atoms with E-state index < -0.39 is 0 Å². The van der Waals surface area contributed by atoms with Gasteiger partial charge in [-0.05, 0) is 76.7 Å². The summed E-state index contributed by atoms with van der Waals surface area (Å²) in [5, 5.41) is 0. The molecule has 1 atom stereocenters. The largest absolute Gasteiger partial charge is 0.430 e. The summed E-state index contributed by atoms with van der Waals surface area (Å²) in [5.41, 5.74) is 0. The van der Waals surface area contributed by atoms with E-state index in [-0.39, 0.29) is 11.9 Å². The zero-order valence-electron chi connectivity index (χ0n) is 29.9. The highest BCUT2D eigenvalue weighted by Gasteiger charge is 2.36. The third-order valence-corrected chi connectivity index (χ3v) is 9.41. The highest BCUT2D eigenvalue weighted by molar-refractivity contribution is 5.82. The van der Waals surface area contributed by atoms with E-state index in [1.165, 1.54) is 186 Å². The number of cyclic esters (lactones) is 1. The van der Waals surface area contributed by atoms with Gasteiger partial charge in [0.15, 0.2) is 0 Å². The van der Waals surface area contributed by atoms with Gasteiger partial charge in [0.25, 0.3) is 0 Å². The maximum Gasteiger partial charge on any atom is 0.321 e. The Kier molecular flexibility index (Phi) is 30.6. The molecule has 1 fully saturated rings. The number of unbranched alkanes of at least 4 members (excludes halogenated alkanes) is 27. The molecule has 2 nitrogen and oxygen atoms in total. The van der Waals surface area contributed by atoms with Crippen LogP contribution in [0.3, 0.4) is 0 Å². The molecule has 1 saturated heterocycles. The lowest BCUT2D eigenvalue weighted by molar-refractivity contribution is -0.157. The summed E-state index contributed by atoms with van der Waals surface area (Å²) in [6, 6.07) is 0. The zero-order chi connectivity index (χ0) is 31.6. The number of carbonyl (C=O) groups excluding carboxylic acids is 1. The van der Waals surface area contributed by atoms with Gasteiger partial charge in [0.1, 0.15) is 11.7 Å².